The zero-order chi connectivity index (χ0) is 15.9. The lowest BCUT2D eigenvalue weighted by Gasteiger charge is -2.23. The van der Waals surface area contributed by atoms with E-state index in [0.717, 1.165) is 17.8 Å². The summed E-state index contributed by atoms with van der Waals surface area (Å²) >= 11 is 0. The number of benzene rings is 1. The Morgan fingerprint density at radius 2 is 2.00 bits per heavy atom. The average Bonchev–Trinajstić information content (AvgIpc) is 2.50. The first-order valence-electron chi connectivity index (χ1n) is 7.44. The fourth-order valence-electron chi connectivity index (χ4n) is 2.23. The maximum atomic E-state index is 12.0. The Labute approximate surface area is 143 Å². The maximum Gasteiger partial charge on any atom is 0.226 e. The Morgan fingerprint density at radius 3 is 2.57 bits per heavy atom. The van der Waals surface area contributed by atoms with Gasteiger partial charge in [-0.2, -0.15) is 0 Å². The van der Waals surface area contributed by atoms with Crippen LogP contribution in [0.15, 0.2) is 24.3 Å². The Hall–Kier alpha value is -1.63. The van der Waals surface area contributed by atoms with Crippen LogP contribution in [0.4, 0.5) is 5.69 Å². The second kappa shape index (κ2) is 9.50. The molecule has 7 heteroatoms. The average molecular weight is 342 g/mol. The Morgan fingerprint density at radius 1 is 1.30 bits per heavy atom. The van der Waals surface area contributed by atoms with Crippen LogP contribution in [0.25, 0.3) is 0 Å². The van der Waals surface area contributed by atoms with E-state index in [4.69, 9.17) is 4.74 Å². The van der Waals surface area contributed by atoms with Crippen molar-refractivity contribution in [3.05, 3.63) is 29.8 Å². The van der Waals surface area contributed by atoms with Gasteiger partial charge in [0.05, 0.1) is 19.6 Å². The Bertz CT molecular complexity index is 514. The molecule has 1 aliphatic rings. The first-order chi connectivity index (χ1) is 10.5. The van der Waals surface area contributed by atoms with Crippen LogP contribution in [-0.2, 0) is 20.7 Å². The van der Waals surface area contributed by atoms with Gasteiger partial charge in [0.15, 0.2) is 0 Å². The largest absolute Gasteiger partial charge is 0.378 e. The lowest BCUT2D eigenvalue weighted by Crippen LogP contribution is -2.43. The fraction of sp³-hybridized carbons (Fsp3) is 0.500. The van der Waals surface area contributed by atoms with Crippen molar-refractivity contribution in [2.75, 3.05) is 39.2 Å². The molecule has 1 unspecified atom stereocenters. The minimum Gasteiger partial charge on any atom is -0.378 e. The number of ether oxygens (including phenoxy) is 1. The van der Waals surface area contributed by atoms with Gasteiger partial charge in [0.25, 0.3) is 0 Å². The van der Waals surface area contributed by atoms with Crippen LogP contribution in [0.1, 0.15) is 12.0 Å². The van der Waals surface area contributed by atoms with Gasteiger partial charge < -0.3 is 20.3 Å². The van der Waals surface area contributed by atoms with Crippen molar-refractivity contribution >= 4 is 29.9 Å². The molecule has 1 aromatic rings. The number of nitrogens with zero attached hydrogens (tertiary/aromatic N) is 1. The molecule has 1 atom stereocenters. The first kappa shape index (κ1) is 19.4. The van der Waals surface area contributed by atoms with Crippen LogP contribution < -0.4 is 10.6 Å². The standard InChI is InChI=1S/C16H23N3O3.ClH/c1-19(2)16(21)9-12-3-5-13(6-4-12)18-15(20)10-14-11-22-8-7-17-14;/h3-6,14,17H,7-11H2,1-2H3,(H,18,20);1H. The molecule has 6 nitrogen and oxygen atoms in total. The van der Waals surface area contributed by atoms with E-state index in [1.165, 1.54) is 0 Å². The Balaban J connectivity index is 0.00000264. The van der Waals surface area contributed by atoms with Crippen LogP contribution in [0.5, 0.6) is 0 Å². The SMILES string of the molecule is CN(C)C(=O)Cc1ccc(NC(=O)CC2COCCN2)cc1.Cl. The first-order valence-corrected chi connectivity index (χ1v) is 7.44. The van der Waals surface area contributed by atoms with Gasteiger partial charge in [-0.05, 0) is 17.7 Å². The summed E-state index contributed by atoms with van der Waals surface area (Å²) < 4.78 is 5.33. The molecule has 0 spiro atoms. The summed E-state index contributed by atoms with van der Waals surface area (Å²) in [6.45, 7) is 2.05. The van der Waals surface area contributed by atoms with Crippen molar-refractivity contribution in [1.29, 1.82) is 0 Å². The van der Waals surface area contributed by atoms with E-state index in [0.29, 0.717) is 26.1 Å². The highest BCUT2D eigenvalue weighted by Crippen LogP contribution is 2.11. The van der Waals surface area contributed by atoms with Gasteiger partial charge in [-0.25, -0.2) is 0 Å². The number of carbonyl (C=O) groups excluding carboxylic acids is 2. The number of halogens is 1. The normalized spacial score (nSPS) is 17.0. The van der Waals surface area contributed by atoms with Gasteiger partial charge in [-0.1, -0.05) is 12.1 Å². The highest BCUT2D eigenvalue weighted by molar-refractivity contribution is 5.91. The lowest BCUT2D eigenvalue weighted by atomic mass is 10.1. The fourth-order valence-corrected chi connectivity index (χ4v) is 2.23. The molecule has 1 saturated heterocycles. The Kier molecular flexibility index (Phi) is 8.02. The van der Waals surface area contributed by atoms with Crippen molar-refractivity contribution in [1.82, 2.24) is 10.2 Å². The van der Waals surface area contributed by atoms with E-state index >= 15 is 0 Å². The monoisotopic (exact) mass is 341 g/mol. The molecule has 1 fully saturated rings. The maximum absolute atomic E-state index is 12.0. The molecule has 2 rings (SSSR count). The molecule has 0 saturated carbocycles. The lowest BCUT2D eigenvalue weighted by molar-refractivity contribution is -0.128. The van der Waals surface area contributed by atoms with Crippen LogP contribution in [0.3, 0.4) is 0 Å². The highest BCUT2D eigenvalue weighted by Gasteiger charge is 2.16. The van der Waals surface area contributed by atoms with Gasteiger partial charge in [0.1, 0.15) is 0 Å². The molecule has 0 radical (unpaired) electrons. The van der Waals surface area contributed by atoms with Gasteiger partial charge in [-0.15, -0.1) is 12.4 Å². The molecular formula is C16H24ClN3O3. The second-order valence-corrected chi connectivity index (χ2v) is 5.64. The molecule has 2 amide bonds. The predicted octanol–water partition coefficient (Wildman–Crippen LogP) is 1.06. The smallest absolute Gasteiger partial charge is 0.226 e. The third kappa shape index (κ3) is 6.56. The molecule has 2 N–H and O–H groups in total. The van der Waals surface area contributed by atoms with Gasteiger partial charge in [0, 0.05) is 38.8 Å². The van der Waals surface area contributed by atoms with Crippen molar-refractivity contribution in [3.8, 4) is 0 Å². The van der Waals surface area contributed by atoms with E-state index in [2.05, 4.69) is 10.6 Å². The van der Waals surface area contributed by atoms with Crippen LogP contribution >= 0.6 is 12.4 Å². The number of amides is 2. The quantitative estimate of drug-likeness (QED) is 0.840. The minimum atomic E-state index is -0.0416. The summed E-state index contributed by atoms with van der Waals surface area (Å²) in [7, 11) is 3.47. The summed E-state index contributed by atoms with van der Waals surface area (Å²) in [6, 6.07) is 7.44. The summed E-state index contributed by atoms with van der Waals surface area (Å²) in [4.78, 5) is 25.2. The van der Waals surface area contributed by atoms with Crippen molar-refractivity contribution in [2.45, 2.75) is 18.9 Å². The van der Waals surface area contributed by atoms with E-state index in [-0.39, 0.29) is 30.3 Å². The van der Waals surface area contributed by atoms with Crippen LogP contribution in [-0.4, -0.2) is 56.6 Å². The van der Waals surface area contributed by atoms with E-state index in [9.17, 15) is 9.59 Å². The summed E-state index contributed by atoms with van der Waals surface area (Å²) in [6.07, 6.45) is 0.755. The third-order valence-corrected chi connectivity index (χ3v) is 3.52. The number of carbonyl (C=O) groups is 2. The van der Waals surface area contributed by atoms with E-state index in [1.807, 2.05) is 24.3 Å². The number of anilines is 1. The number of rotatable bonds is 5. The molecule has 1 heterocycles. The molecule has 0 aromatic heterocycles. The van der Waals surface area contributed by atoms with Crippen molar-refractivity contribution in [3.63, 3.8) is 0 Å². The zero-order valence-corrected chi connectivity index (χ0v) is 14.3. The highest BCUT2D eigenvalue weighted by atomic mass is 35.5. The third-order valence-electron chi connectivity index (χ3n) is 3.52. The predicted molar refractivity (Wildman–Crippen MR) is 91.9 cm³/mol. The molecule has 23 heavy (non-hydrogen) atoms. The van der Waals surface area contributed by atoms with E-state index in [1.54, 1.807) is 19.0 Å². The van der Waals surface area contributed by atoms with Crippen molar-refractivity contribution in [2.24, 2.45) is 0 Å². The summed E-state index contributed by atoms with van der Waals surface area (Å²) in [5.74, 6) is 0.0141. The molecular weight excluding hydrogens is 318 g/mol. The molecule has 0 bridgehead atoms. The molecule has 1 aliphatic heterocycles. The number of likely N-dealkylation sites (N-methyl/N-ethyl adjacent to an activating group) is 1. The molecule has 128 valence electrons. The minimum absolute atomic E-state index is 0. The van der Waals surface area contributed by atoms with Crippen LogP contribution in [0, 0.1) is 0 Å². The summed E-state index contributed by atoms with van der Waals surface area (Å²) in [5.41, 5.74) is 1.67. The van der Waals surface area contributed by atoms with Crippen LogP contribution in [0.2, 0.25) is 0 Å². The van der Waals surface area contributed by atoms with Gasteiger partial charge in [0.2, 0.25) is 11.8 Å². The molecule has 0 aliphatic carbocycles. The number of hydrogen-bond acceptors (Lipinski definition) is 4. The van der Waals surface area contributed by atoms with Gasteiger partial charge >= 0.3 is 0 Å². The summed E-state index contributed by atoms with van der Waals surface area (Å²) in [5, 5.41) is 6.11. The molecule has 1 aromatic carbocycles. The number of nitrogens with one attached hydrogen (secondary N) is 2. The number of hydrogen-bond donors (Lipinski definition) is 2. The van der Waals surface area contributed by atoms with Gasteiger partial charge in [-0.3, -0.25) is 9.59 Å². The van der Waals surface area contributed by atoms with Crippen molar-refractivity contribution < 1.29 is 14.3 Å². The zero-order valence-electron chi connectivity index (χ0n) is 13.5. The number of morpholine rings is 1. The van der Waals surface area contributed by atoms with E-state index < -0.39 is 0 Å². The second-order valence-electron chi connectivity index (χ2n) is 5.64. The topological polar surface area (TPSA) is 70.7 Å².